The first-order valence-corrected chi connectivity index (χ1v) is 4.47. The summed E-state index contributed by atoms with van der Waals surface area (Å²) in [5.74, 6) is -1.17. The van der Waals surface area contributed by atoms with Gasteiger partial charge in [-0.05, 0) is 19.9 Å². The predicted molar refractivity (Wildman–Crippen MR) is 53.6 cm³/mol. The van der Waals surface area contributed by atoms with E-state index in [-0.39, 0.29) is 5.75 Å². The van der Waals surface area contributed by atoms with Crippen molar-refractivity contribution in [3.8, 4) is 5.75 Å². The maximum absolute atomic E-state index is 12.9. The molecule has 4 heteroatoms. The number of aliphatic carboxylic acids is 1. The first-order valence-electron chi connectivity index (χ1n) is 4.47. The van der Waals surface area contributed by atoms with Gasteiger partial charge in [0.1, 0.15) is 11.6 Å². The van der Waals surface area contributed by atoms with Crippen LogP contribution in [0.25, 0.3) is 0 Å². The van der Waals surface area contributed by atoms with Crippen LogP contribution in [0, 0.1) is 5.82 Å². The molecule has 0 saturated heterocycles. The third kappa shape index (κ3) is 2.09. The first-order chi connectivity index (χ1) is 6.89. The molecule has 0 spiro atoms. The van der Waals surface area contributed by atoms with E-state index in [4.69, 9.17) is 9.84 Å². The lowest BCUT2D eigenvalue weighted by atomic mass is 9.84. The molecule has 15 heavy (non-hydrogen) atoms. The van der Waals surface area contributed by atoms with Crippen LogP contribution in [0.1, 0.15) is 19.4 Å². The van der Waals surface area contributed by atoms with Crippen molar-refractivity contribution < 1.29 is 19.0 Å². The second kappa shape index (κ2) is 3.88. The normalized spacial score (nSPS) is 11.2. The number of carbonyl (C=O) groups is 1. The van der Waals surface area contributed by atoms with Gasteiger partial charge in [-0.15, -0.1) is 0 Å². The van der Waals surface area contributed by atoms with Gasteiger partial charge in [-0.3, -0.25) is 4.79 Å². The van der Waals surface area contributed by atoms with Gasteiger partial charge in [-0.2, -0.15) is 0 Å². The van der Waals surface area contributed by atoms with Crippen LogP contribution in [-0.4, -0.2) is 18.2 Å². The first kappa shape index (κ1) is 11.5. The summed E-state index contributed by atoms with van der Waals surface area (Å²) in [6.07, 6.45) is 0. The minimum absolute atomic E-state index is 0.252. The number of carboxylic acid groups (broad SMARTS) is 1. The van der Waals surface area contributed by atoms with Gasteiger partial charge in [-0.1, -0.05) is 6.07 Å². The third-order valence-corrected chi connectivity index (χ3v) is 2.37. The number of ether oxygens (including phenoxy) is 1. The summed E-state index contributed by atoms with van der Waals surface area (Å²) in [5, 5.41) is 9.03. The van der Waals surface area contributed by atoms with E-state index in [2.05, 4.69) is 0 Å². The molecule has 0 aromatic heterocycles. The Morgan fingerprint density at radius 1 is 1.47 bits per heavy atom. The van der Waals surface area contributed by atoms with Crippen molar-refractivity contribution in [1.29, 1.82) is 0 Å². The fourth-order valence-corrected chi connectivity index (χ4v) is 1.30. The van der Waals surface area contributed by atoms with E-state index in [0.717, 1.165) is 0 Å². The largest absolute Gasteiger partial charge is 0.496 e. The Morgan fingerprint density at radius 2 is 2.07 bits per heavy atom. The van der Waals surface area contributed by atoms with E-state index in [1.807, 2.05) is 0 Å². The summed E-state index contributed by atoms with van der Waals surface area (Å²) in [6.45, 7) is 3.09. The Morgan fingerprint density at radius 3 is 2.53 bits per heavy atom. The molecule has 3 nitrogen and oxygen atoms in total. The van der Waals surface area contributed by atoms with Crippen LogP contribution in [0.15, 0.2) is 18.2 Å². The number of methoxy groups -OCH3 is 1. The molecule has 0 amide bonds. The Balaban J connectivity index is 3.31. The van der Waals surface area contributed by atoms with E-state index < -0.39 is 17.2 Å². The molecule has 0 bridgehead atoms. The van der Waals surface area contributed by atoms with Crippen LogP contribution in [0.4, 0.5) is 4.39 Å². The highest BCUT2D eigenvalue weighted by molar-refractivity contribution is 5.81. The minimum atomic E-state index is -1.10. The molecule has 0 aliphatic heterocycles. The Hall–Kier alpha value is -1.58. The Bertz CT molecular complexity index is 385. The van der Waals surface area contributed by atoms with Crippen LogP contribution < -0.4 is 4.74 Å². The number of benzene rings is 1. The van der Waals surface area contributed by atoms with Gasteiger partial charge in [0, 0.05) is 11.6 Å². The fourth-order valence-electron chi connectivity index (χ4n) is 1.30. The molecule has 1 aromatic carbocycles. The van der Waals surface area contributed by atoms with E-state index in [0.29, 0.717) is 5.56 Å². The summed E-state index contributed by atoms with van der Waals surface area (Å²) in [5.41, 5.74) is -0.641. The second-order valence-electron chi connectivity index (χ2n) is 3.77. The zero-order valence-corrected chi connectivity index (χ0v) is 8.87. The molecule has 0 aliphatic rings. The molecule has 0 atom stereocenters. The zero-order valence-electron chi connectivity index (χ0n) is 8.87. The Kier molecular flexibility index (Phi) is 2.98. The summed E-state index contributed by atoms with van der Waals surface area (Å²) in [6, 6.07) is 3.84. The highest BCUT2D eigenvalue weighted by atomic mass is 19.1. The van der Waals surface area contributed by atoms with Crippen molar-refractivity contribution in [3.05, 3.63) is 29.6 Å². The summed E-state index contributed by atoms with van der Waals surface area (Å²) in [7, 11) is 1.39. The molecule has 0 aliphatic carbocycles. The van der Waals surface area contributed by atoms with Crippen molar-refractivity contribution in [1.82, 2.24) is 0 Å². The molecule has 1 aromatic rings. The highest BCUT2D eigenvalue weighted by Crippen LogP contribution is 2.32. The molecular formula is C11H13FO3. The van der Waals surface area contributed by atoms with Crippen molar-refractivity contribution in [3.63, 3.8) is 0 Å². The van der Waals surface area contributed by atoms with E-state index in [1.165, 1.54) is 25.3 Å². The monoisotopic (exact) mass is 212 g/mol. The van der Waals surface area contributed by atoms with E-state index >= 15 is 0 Å². The lowest BCUT2D eigenvalue weighted by Gasteiger charge is -2.22. The molecule has 0 saturated carbocycles. The van der Waals surface area contributed by atoms with Crippen LogP contribution >= 0.6 is 0 Å². The standard InChI is InChI=1S/C11H13FO3/c1-11(2,10(13)14)8-5-4-7(12)6-9(8)15-3/h4-6H,1-3H3,(H,13,14). The van der Waals surface area contributed by atoms with Crippen LogP contribution in [0.5, 0.6) is 5.75 Å². The molecule has 0 fully saturated rings. The average Bonchev–Trinajstić information content (AvgIpc) is 2.16. The molecule has 1 N–H and O–H groups in total. The van der Waals surface area contributed by atoms with Crippen molar-refractivity contribution in [2.24, 2.45) is 0 Å². The summed E-state index contributed by atoms with van der Waals surface area (Å²) >= 11 is 0. The number of halogens is 1. The summed E-state index contributed by atoms with van der Waals surface area (Å²) in [4.78, 5) is 11.0. The number of hydrogen-bond acceptors (Lipinski definition) is 2. The SMILES string of the molecule is COc1cc(F)ccc1C(C)(C)C(=O)O. The number of hydrogen-bond donors (Lipinski definition) is 1. The number of rotatable bonds is 3. The van der Waals surface area contributed by atoms with Gasteiger partial charge < -0.3 is 9.84 Å². The molecule has 82 valence electrons. The minimum Gasteiger partial charge on any atom is -0.496 e. The van der Waals surface area contributed by atoms with Crippen LogP contribution in [0.2, 0.25) is 0 Å². The number of carboxylic acids is 1. The molecule has 0 heterocycles. The Labute approximate surface area is 87.5 Å². The topological polar surface area (TPSA) is 46.5 Å². The fraction of sp³-hybridized carbons (Fsp3) is 0.364. The average molecular weight is 212 g/mol. The smallest absolute Gasteiger partial charge is 0.313 e. The van der Waals surface area contributed by atoms with Crippen molar-refractivity contribution in [2.45, 2.75) is 19.3 Å². The van der Waals surface area contributed by atoms with Gasteiger partial charge in [0.15, 0.2) is 0 Å². The molecule has 0 unspecified atom stereocenters. The summed E-state index contributed by atoms with van der Waals surface area (Å²) < 4.78 is 17.9. The van der Waals surface area contributed by atoms with Gasteiger partial charge in [0.2, 0.25) is 0 Å². The zero-order chi connectivity index (χ0) is 11.6. The van der Waals surface area contributed by atoms with Crippen molar-refractivity contribution >= 4 is 5.97 Å². The van der Waals surface area contributed by atoms with Gasteiger partial charge in [-0.25, -0.2) is 4.39 Å². The maximum Gasteiger partial charge on any atom is 0.313 e. The van der Waals surface area contributed by atoms with Crippen LogP contribution in [0.3, 0.4) is 0 Å². The highest BCUT2D eigenvalue weighted by Gasteiger charge is 2.32. The lowest BCUT2D eigenvalue weighted by Crippen LogP contribution is -2.29. The predicted octanol–water partition coefficient (Wildman–Crippen LogP) is 2.20. The van der Waals surface area contributed by atoms with Gasteiger partial charge in [0.05, 0.1) is 12.5 Å². The third-order valence-electron chi connectivity index (χ3n) is 2.37. The van der Waals surface area contributed by atoms with Gasteiger partial charge in [0.25, 0.3) is 0 Å². The second-order valence-corrected chi connectivity index (χ2v) is 3.77. The quantitative estimate of drug-likeness (QED) is 0.835. The van der Waals surface area contributed by atoms with E-state index in [9.17, 15) is 9.18 Å². The molecule has 1 rings (SSSR count). The lowest BCUT2D eigenvalue weighted by molar-refractivity contribution is -0.142. The van der Waals surface area contributed by atoms with Crippen molar-refractivity contribution in [2.75, 3.05) is 7.11 Å². The van der Waals surface area contributed by atoms with Crippen LogP contribution in [-0.2, 0) is 10.2 Å². The van der Waals surface area contributed by atoms with E-state index in [1.54, 1.807) is 13.8 Å². The maximum atomic E-state index is 12.9. The molecular weight excluding hydrogens is 199 g/mol. The van der Waals surface area contributed by atoms with Gasteiger partial charge >= 0.3 is 5.97 Å². The molecule has 0 radical (unpaired) electrons.